The van der Waals surface area contributed by atoms with Crippen molar-refractivity contribution < 1.29 is 0 Å². The molecule has 11 aromatic carbocycles. The summed E-state index contributed by atoms with van der Waals surface area (Å²) in [7, 11) is 0. The van der Waals surface area contributed by atoms with Gasteiger partial charge in [-0.2, -0.15) is 0 Å². The largest absolute Gasteiger partial charge is 0.0622 e. The first-order valence-corrected chi connectivity index (χ1v) is 20.1. The minimum absolute atomic E-state index is 1.20. The van der Waals surface area contributed by atoms with Crippen LogP contribution in [0.5, 0.6) is 0 Å². The summed E-state index contributed by atoms with van der Waals surface area (Å²) in [6.45, 7) is 0. The molecule has 0 N–H and O–H groups in total. The van der Waals surface area contributed by atoms with Crippen LogP contribution in [-0.2, 0) is 0 Å². The molecule has 0 radical (unpaired) electrons. The van der Waals surface area contributed by atoms with Crippen molar-refractivity contribution >= 4 is 43.1 Å². The van der Waals surface area contributed by atoms with E-state index in [1.807, 2.05) is 0 Å². The van der Waals surface area contributed by atoms with Gasteiger partial charge in [0, 0.05) is 0 Å². The van der Waals surface area contributed by atoms with Crippen molar-refractivity contribution in [3.8, 4) is 66.8 Å². The first-order chi connectivity index (χ1) is 28.7. The van der Waals surface area contributed by atoms with Gasteiger partial charge in [-0.3, -0.25) is 0 Å². The highest BCUT2D eigenvalue weighted by Crippen LogP contribution is 2.43. The van der Waals surface area contributed by atoms with E-state index in [-0.39, 0.29) is 0 Å². The third-order valence-electron chi connectivity index (χ3n) is 11.8. The summed E-state index contributed by atoms with van der Waals surface area (Å²) in [5.41, 5.74) is 14.5. The Morgan fingerprint density at radius 3 is 0.948 bits per heavy atom. The summed E-state index contributed by atoms with van der Waals surface area (Å²) in [4.78, 5) is 0. The fraction of sp³-hybridized carbons (Fsp3) is 0. The smallest absolute Gasteiger partial charge is 0.00926 e. The molecule has 0 amide bonds. The second-order valence-corrected chi connectivity index (χ2v) is 15.4. The SMILES string of the molecule is c1ccc(-c2cc(-c3cccc(-c4ccc5ccccc5c4)c3)cc3c(-c4ccc5ccccc5c4)cc(-c4cccc(-c5ccc6ccccc6c5)c4)cc23)cc1. The molecule has 0 nitrogen and oxygen atoms in total. The first kappa shape index (κ1) is 33.8. The van der Waals surface area contributed by atoms with Gasteiger partial charge in [0.05, 0.1) is 0 Å². The third kappa shape index (κ3) is 6.22. The Kier molecular flexibility index (Phi) is 8.26. The Hall–Kier alpha value is -7.54. The van der Waals surface area contributed by atoms with Gasteiger partial charge in [0.2, 0.25) is 0 Å². The predicted octanol–water partition coefficient (Wildman–Crippen LogP) is 16.3. The highest BCUT2D eigenvalue weighted by atomic mass is 14.2. The number of hydrogen-bond donors (Lipinski definition) is 0. The molecule has 270 valence electrons. The lowest BCUT2D eigenvalue weighted by Crippen LogP contribution is -1.91. The molecule has 11 aromatic rings. The molecular weight excluding hydrogens is 697 g/mol. The van der Waals surface area contributed by atoms with Crippen LogP contribution in [0.2, 0.25) is 0 Å². The van der Waals surface area contributed by atoms with E-state index in [4.69, 9.17) is 0 Å². The number of benzene rings is 11. The molecule has 0 saturated heterocycles. The van der Waals surface area contributed by atoms with E-state index < -0.39 is 0 Å². The van der Waals surface area contributed by atoms with Gasteiger partial charge >= 0.3 is 0 Å². The normalized spacial score (nSPS) is 11.4. The standard InChI is InChI=1S/C58H38/c1-2-15-42(16-3-1)55-35-53(48-22-10-20-46(32-48)50-27-24-39-12-4-7-17-43(39)30-50)38-58-56(52-29-26-41-14-6-9-19-45(41)34-52)36-54(37-57(55)58)49-23-11-21-47(33-49)51-28-25-40-13-5-8-18-44(40)31-51/h1-38H. The molecule has 0 bridgehead atoms. The Bertz CT molecular complexity index is 3330. The summed E-state index contributed by atoms with van der Waals surface area (Å²) < 4.78 is 0. The lowest BCUT2D eigenvalue weighted by Gasteiger charge is -2.18. The number of rotatable bonds is 6. The molecule has 0 saturated carbocycles. The van der Waals surface area contributed by atoms with Crippen molar-refractivity contribution in [2.75, 3.05) is 0 Å². The lowest BCUT2D eigenvalue weighted by atomic mass is 9.86. The maximum atomic E-state index is 2.42. The summed E-state index contributed by atoms with van der Waals surface area (Å²) in [5.74, 6) is 0. The van der Waals surface area contributed by atoms with Gasteiger partial charge in [0.25, 0.3) is 0 Å². The van der Waals surface area contributed by atoms with E-state index in [2.05, 4.69) is 231 Å². The predicted molar refractivity (Wildman–Crippen MR) is 249 cm³/mol. The average Bonchev–Trinajstić information content (AvgIpc) is 3.30. The van der Waals surface area contributed by atoms with E-state index in [1.165, 1.54) is 110 Å². The molecule has 11 rings (SSSR count). The quantitative estimate of drug-likeness (QED) is 0.160. The summed E-state index contributed by atoms with van der Waals surface area (Å²) in [5, 5.41) is 9.96. The third-order valence-corrected chi connectivity index (χ3v) is 11.8. The van der Waals surface area contributed by atoms with Gasteiger partial charge in [-0.1, -0.05) is 176 Å². The van der Waals surface area contributed by atoms with Crippen LogP contribution in [0.1, 0.15) is 0 Å². The molecule has 0 aliphatic carbocycles. The summed E-state index contributed by atoms with van der Waals surface area (Å²) in [6, 6.07) is 84.9. The minimum Gasteiger partial charge on any atom is -0.0622 e. The Morgan fingerprint density at radius 1 is 0.155 bits per heavy atom. The molecular formula is C58H38. The first-order valence-electron chi connectivity index (χ1n) is 20.1. The Morgan fingerprint density at radius 2 is 0.483 bits per heavy atom. The molecule has 0 heteroatoms. The van der Waals surface area contributed by atoms with Crippen LogP contribution in [0.25, 0.3) is 110 Å². The summed E-state index contributed by atoms with van der Waals surface area (Å²) >= 11 is 0. The maximum Gasteiger partial charge on any atom is -0.00926 e. The van der Waals surface area contributed by atoms with E-state index in [0.717, 1.165) is 0 Å². The molecule has 0 heterocycles. The van der Waals surface area contributed by atoms with Crippen LogP contribution in [0.3, 0.4) is 0 Å². The van der Waals surface area contributed by atoms with Crippen LogP contribution in [0.4, 0.5) is 0 Å². The van der Waals surface area contributed by atoms with E-state index in [1.54, 1.807) is 0 Å². The molecule has 0 atom stereocenters. The molecule has 0 unspecified atom stereocenters. The van der Waals surface area contributed by atoms with Gasteiger partial charge in [0.1, 0.15) is 0 Å². The maximum absolute atomic E-state index is 2.42. The molecule has 58 heavy (non-hydrogen) atoms. The van der Waals surface area contributed by atoms with Crippen LogP contribution in [0.15, 0.2) is 231 Å². The van der Waals surface area contributed by atoms with Crippen molar-refractivity contribution in [2.45, 2.75) is 0 Å². The minimum atomic E-state index is 1.20. The van der Waals surface area contributed by atoms with Crippen LogP contribution in [-0.4, -0.2) is 0 Å². The van der Waals surface area contributed by atoms with E-state index in [9.17, 15) is 0 Å². The van der Waals surface area contributed by atoms with E-state index in [0.29, 0.717) is 0 Å². The fourth-order valence-corrected chi connectivity index (χ4v) is 8.74. The average molecular weight is 735 g/mol. The fourth-order valence-electron chi connectivity index (χ4n) is 8.74. The van der Waals surface area contributed by atoms with Gasteiger partial charge in [-0.25, -0.2) is 0 Å². The lowest BCUT2D eigenvalue weighted by molar-refractivity contribution is 1.58. The molecule has 0 aliphatic rings. The molecule has 0 aliphatic heterocycles. The second kappa shape index (κ2) is 14.2. The van der Waals surface area contributed by atoms with Crippen molar-refractivity contribution in [1.82, 2.24) is 0 Å². The Labute approximate surface area is 339 Å². The van der Waals surface area contributed by atoms with Crippen molar-refractivity contribution in [2.24, 2.45) is 0 Å². The zero-order valence-corrected chi connectivity index (χ0v) is 31.9. The van der Waals surface area contributed by atoms with Crippen molar-refractivity contribution in [3.05, 3.63) is 231 Å². The van der Waals surface area contributed by atoms with Crippen molar-refractivity contribution in [1.29, 1.82) is 0 Å². The van der Waals surface area contributed by atoms with Gasteiger partial charge in [-0.15, -0.1) is 0 Å². The highest BCUT2D eigenvalue weighted by Gasteiger charge is 2.16. The zero-order chi connectivity index (χ0) is 38.4. The van der Waals surface area contributed by atoms with Crippen LogP contribution >= 0.6 is 0 Å². The summed E-state index contributed by atoms with van der Waals surface area (Å²) in [6.07, 6.45) is 0. The van der Waals surface area contributed by atoms with Crippen molar-refractivity contribution in [3.63, 3.8) is 0 Å². The van der Waals surface area contributed by atoms with E-state index >= 15 is 0 Å². The molecule has 0 aromatic heterocycles. The Balaban J connectivity index is 1.13. The van der Waals surface area contributed by atoms with Gasteiger partial charge in [0.15, 0.2) is 0 Å². The van der Waals surface area contributed by atoms with Crippen LogP contribution in [0, 0.1) is 0 Å². The van der Waals surface area contributed by atoms with Gasteiger partial charge < -0.3 is 0 Å². The highest BCUT2D eigenvalue weighted by molar-refractivity contribution is 6.10. The number of hydrogen-bond acceptors (Lipinski definition) is 0. The molecule has 0 spiro atoms. The van der Waals surface area contributed by atoms with Crippen LogP contribution < -0.4 is 0 Å². The second-order valence-electron chi connectivity index (χ2n) is 15.4. The van der Waals surface area contributed by atoms with Gasteiger partial charge in [-0.05, 0) is 164 Å². The monoisotopic (exact) mass is 734 g/mol. The molecule has 0 fully saturated rings. The number of fused-ring (bicyclic) bond motifs is 4. The topological polar surface area (TPSA) is 0 Å². The zero-order valence-electron chi connectivity index (χ0n) is 31.9.